The Kier molecular flexibility index (Phi) is 5.08. The molecule has 1 N–H and O–H groups in total. The lowest BCUT2D eigenvalue weighted by molar-refractivity contribution is 0.562. The lowest BCUT2D eigenvalue weighted by Gasteiger charge is -2.27. The van der Waals surface area contributed by atoms with Crippen molar-refractivity contribution in [2.45, 2.75) is 64.2 Å². The third-order valence-corrected chi connectivity index (χ3v) is 4.98. The lowest BCUT2D eigenvalue weighted by Crippen LogP contribution is -2.11. The summed E-state index contributed by atoms with van der Waals surface area (Å²) in [6, 6.07) is 8.01. The van der Waals surface area contributed by atoms with Crippen molar-refractivity contribution in [2.24, 2.45) is 0 Å². The molecule has 1 atom stereocenters. The molecule has 2 aromatic carbocycles. The van der Waals surface area contributed by atoms with E-state index in [-0.39, 0.29) is 5.92 Å². The average Bonchev–Trinajstić information content (AvgIpc) is 2.43. The van der Waals surface area contributed by atoms with Gasteiger partial charge in [-0.3, -0.25) is 0 Å². The number of benzene rings is 2. The highest BCUT2D eigenvalue weighted by Gasteiger charge is 2.26. The predicted octanol–water partition coefficient (Wildman–Crippen LogP) is 5.79. The standard InChI is InChI=1S/C19H26O2S/c1-11(2)16-14-9-7-8-10-15(14)19(22(20)21)18(13(5)6)17(16)12(3)4/h7-13H,1-6H3,(H,20,21). The fraction of sp³-hybridized carbons (Fsp3) is 0.474. The molecule has 2 nitrogen and oxygen atoms in total. The number of hydrogen-bond acceptors (Lipinski definition) is 1. The fourth-order valence-electron chi connectivity index (χ4n) is 3.48. The van der Waals surface area contributed by atoms with Crippen molar-refractivity contribution in [3.63, 3.8) is 0 Å². The molecule has 0 fully saturated rings. The molecule has 0 aromatic heterocycles. The number of rotatable bonds is 4. The maximum absolute atomic E-state index is 12.1. The molecular formula is C19H26O2S. The summed E-state index contributed by atoms with van der Waals surface area (Å²) in [6.45, 7) is 13.0. The van der Waals surface area contributed by atoms with Crippen LogP contribution in [0.5, 0.6) is 0 Å². The Hall–Kier alpha value is -1.19. The third kappa shape index (κ3) is 2.84. The maximum Gasteiger partial charge on any atom is 0.187 e. The SMILES string of the molecule is CC(C)c1c(C(C)C)c(S(=O)O)c2ccccc2c1C(C)C. The molecule has 0 aliphatic heterocycles. The molecule has 0 saturated heterocycles. The lowest BCUT2D eigenvalue weighted by atomic mass is 9.80. The van der Waals surface area contributed by atoms with Crippen molar-refractivity contribution >= 4 is 21.9 Å². The molecule has 0 spiro atoms. The number of hydrogen-bond donors (Lipinski definition) is 1. The minimum Gasteiger partial charge on any atom is -0.302 e. The molecule has 0 radical (unpaired) electrons. The van der Waals surface area contributed by atoms with Gasteiger partial charge < -0.3 is 4.55 Å². The Balaban J connectivity index is 3.13. The fourth-order valence-corrected chi connectivity index (χ4v) is 4.38. The van der Waals surface area contributed by atoms with Crippen LogP contribution < -0.4 is 0 Å². The summed E-state index contributed by atoms with van der Waals surface area (Å²) in [4.78, 5) is 0.596. The first kappa shape index (κ1) is 17.2. The van der Waals surface area contributed by atoms with Gasteiger partial charge in [0.15, 0.2) is 11.1 Å². The van der Waals surface area contributed by atoms with Gasteiger partial charge in [-0.15, -0.1) is 0 Å². The van der Waals surface area contributed by atoms with Crippen LogP contribution in [0.2, 0.25) is 0 Å². The normalized spacial score (nSPS) is 13.5. The van der Waals surface area contributed by atoms with E-state index in [1.165, 1.54) is 11.1 Å². The zero-order valence-electron chi connectivity index (χ0n) is 14.3. The van der Waals surface area contributed by atoms with Gasteiger partial charge in [-0.25, -0.2) is 4.21 Å². The third-order valence-electron chi connectivity index (χ3n) is 4.19. The minimum atomic E-state index is -1.98. The van der Waals surface area contributed by atoms with Crippen LogP contribution >= 0.6 is 0 Å². The van der Waals surface area contributed by atoms with Crippen LogP contribution in [0.3, 0.4) is 0 Å². The van der Waals surface area contributed by atoms with Crippen LogP contribution in [-0.4, -0.2) is 8.76 Å². The monoisotopic (exact) mass is 318 g/mol. The molecule has 0 heterocycles. The van der Waals surface area contributed by atoms with Crippen LogP contribution in [0.25, 0.3) is 10.8 Å². The van der Waals surface area contributed by atoms with Crippen LogP contribution in [0.4, 0.5) is 0 Å². The second-order valence-electron chi connectivity index (χ2n) is 6.83. The van der Waals surface area contributed by atoms with E-state index < -0.39 is 11.1 Å². The highest BCUT2D eigenvalue weighted by atomic mass is 32.2. The quantitative estimate of drug-likeness (QED) is 0.724. The summed E-state index contributed by atoms with van der Waals surface area (Å²) < 4.78 is 22.1. The highest BCUT2D eigenvalue weighted by Crippen LogP contribution is 2.42. The second-order valence-corrected chi connectivity index (χ2v) is 7.74. The van der Waals surface area contributed by atoms with E-state index in [0.717, 1.165) is 16.3 Å². The summed E-state index contributed by atoms with van der Waals surface area (Å²) in [7, 11) is 0. The maximum atomic E-state index is 12.1. The van der Waals surface area contributed by atoms with E-state index in [1.54, 1.807) is 0 Å². The van der Waals surface area contributed by atoms with Gasteiger partial charge in [0.25, 0.3) is 0 Å². The summed E-state index contributed by atoms with van der Waals surface area (Å²) in [5.41, 5.74) is 3.63. The first-order valence-corrected chi connectivity index (χ1v) is 9.07. The Morgan fingerprint density at radius 1 is 0.773 bits per heavy atom. The summed E-state index contributed by atoms with van der Waals surface area (Å²) in [6.07, 6.45) is 0. The van der Waals surface area contributed by atoms with Gasteiger partial charge in [0, 0.05) is 5.39 Å². The van der Waals surface area contributed by atoms with Crippen molar-refractivity contribution < 1.29 is 8.76 Å². The summed E-state index contributed by atoms with van der Waals surface area (Å²) in [5.74, 6) is 0.910. The van der Waals surface area contributed by atoms with Gasteiger partial charge in [-0.2, -0.15) is 0 Å². The Morgan fingerprint density at radius 3 is 1.64 bits per heavy atom. The molecule has 120 valence electrons. The summed E-state index contributed by atoms with van der Waals surface area (Å²) in [5, 5.41) is 2.03. The van der Waals surface area contributed by atoms with Crippen LogP contribution in [0.1, 0.15) is 76.0 Å². The minimum absolute atomic E-state index is 0.214. The largest absolute Gasteiger partial charge is 0.302 e. The summed E-state index contributed by atoms with van der Waals surface area (Å²) >= 11 is -1.98. The van der Waals surface area contributed by atoms with Crippen LogP contribution in [-0.2, 0) is 11.1 Å². The molecule has 0 saturated carbocycles. The molecule has 1 unspecified atom stereocenters. The molecule has 0 aliphatic carbocycles. The smallest absolute Gasteiger partial charge is 0.187 e. The van der Waals surface area contributed by atoms with Crippen LogP contribution in [0, 0.1) is 0 Å². The molecule has 0 aliphatic rings. The molecule has 22 heavy (non-hydrogen) atoms. The topological polar surface area (TPSA) is 37.3 Å². The van der Waals surface area contributed by atoms with E-state index in [4.69, 9.17) is 0 Å². The van der Waals surface area contributed by atoms with E-state index >= 15 is 0 Å². The van der Waals surface area contributed by atoms with E-state index in [0.29, 0.717) is 16.7 Å². The van der Waals surface area contributed by atoms with Crippen molar-refractivity contribution in [1.29, 1.82) is 0 Å². The van der Waals surface area contributed by atoms with E-state index in [9.17, 15) is 8.76 Å². The average molecular weight is 318 g/mol. The first-order chi connectivity index (χ1) is 10.3. The van der Waals surface area contributed by atoms with Crippen molar-refractivity contribution in [3.05, 3.63) is 41.0 Å². The van der Waals surface area contributed by atoms with E-state index in [2.05, 4.69) is 47.6 Å². The van der Waals surface area contributed by atoms with Crippen molar-refractivity contribution in [2.75, 3.05) is 0 Å². The van der Waals surface area contributed by atoms with Gasteiger partial charge >= 0.3 is 0 Å². The molecule has 0 amide bonds. The second kappa shape index (κ2) is 6.51. The van der Waals surface area contributed by atoms with Crippen LogP contribution in [0.15, 0.2) is 29.2 Å². The molecular weight excluding hydrogens is 292 g/mol. The predicted molar refractivity (Wildman–Crippen MR) is 95.3 cm³/mol. The Morgan fingerprint density at radius 2 is 1.23 bits per heavy atom. The Labute approximate surface area is 136 Å². The Bertz CT molecular complexity index is 715. The van der Waals surface area contributed by atoms with Gasteiger partial charge in [-0.05, 0) is 39.8 Å². The first-order valence-electron chi connectivity index (χ1n) is 7.96. The van der Waals surface area contributed by atoms with Gasteiger partial charge in [0.05, 0.1) is 4.90 Å². The molecule has 0 bridgehead atoms. The van der Waals surface area contributed by atoms with E-state index in [1.807, 2.05) is 18.2 Å². The highest BCUT2D eigenvalue weighted by molar-refractivity contribution is 7.79. The molecule has 2 aromatic rings. The van der Waals surface area contributed by atoms with Gasteiger partial charge in [0.1, 0.15) is 0 Å². The zero-order chi connectivity index (χ0) is 16.6. The zero-order valence-corrected chi connectivity index (χ0v) is 15.1. The van der Waals surface area contributed by atoms with Gasteiger partial charge in [-0.1, -0.05) is 65.8 Å². The van der Waals surface area contributed by atoms with Gasteiger partial charge in [0.2, 0.25) is 0 Å². The number of fused-ring (bicyclic) bond motifs is 1. The van der Waals surface area contributed by atoms with Crippen molar-refractivity contribution in [3.8, 4) is 0 Å². The van der Waals surface area contributed by atoms with Crippen molar-refractivity contribution in [1.82, 2.24) is 0 Å². The molecule has 3 heteroatoms. The molecule has 2 rings (SSSR count).